The second kappa shape index (κ2) is 6.87. The molecular formula is C13H25NO. The Hall–Kier alpha value is -0.520. The van der Waals surface area contributed by atoms with Gasteiger partial charge in [-0.2, -0.15) is 0 Å². The lowest BCUT2D eigenvalue weighted by Gasteiger charge is -2.19. The summed E-state index contributed by atoms with van der Waals surface area (Å²) in [5.74, 6) is 6.49. The van der Waals surface area contributed by atoms with E-state index in [2.05, 4.69) is 44.4 Å². The fourth-order valence-corrected chi connectivity index (χ4v) is 1.63. The lowest BCUT2D eigenvalue weighted by atomic mass is 9.95. The van der Waals surface area contributed by atoms with E-state index in [-0.39, 0.29) is 0 Å². The van der Waals surface area contributed by atoms with Gasteiger partial charge < -0.3 is 5.11 Å². The van der Waals surface area contributed by atoms with E-state index in [1.165, 1.54) is 0 Å². The summed E-state index contributed by atoms with van der Waals surface area (Å²) in [6.45, 7) is 13.0. The first kappa shape index (κ1) is 14.5. The van der Waals surface area contributed by atoms with Crippen molar-refractivity contribution in [1.82, 2.24) is 4.90 Å². The average molecular weight is 211 g/mol. The molecule has 2 nitrogen and oxygen atoms in total. The van der Waals surface area contributed by atoms with Crippen LogP contribution in [0.3, 0.4) is 0 Å². The molecule has 0 saturated carbocycles. The monoisotopic (exact) mass is 211 g/mol. The molecule has 1 N–H and O–H groups in total. The van der Waals surface area contributed by atoms with Crippen LogP contribution in [0.15, 0.2) is 0 Å². The summed E-state index contributed by atoms with van der Waals surface area (Å²) in [7, 11) is 0. The molecule has 0 rings (SSSR count). The lowest BCUT2D eigenvalue weighted by Crippen LogP contribution is -2.26. The van der Waals surface area contributed by atoms with Crippen molar-refractivity contribution in [1.29, 1.82) is 0 Å². The molecule has 0 fully saturated rings. The van der Waals surface area contributed by atoms with E-state index in [9.17, 15) is 5.11 Å². The smallest absolute Gasteiger partial charge is 0.123 e. The molecule has 0 saturated heterocycles. The molecule has 0 heterocycles. The highest BCUT2D eigenvalue weighted by Gasteiger charge is 2.18. The zero-order valence-electron chi connectivity index (χ0n) is 10.8. The van der Waals surface area contributed by atoms with Gasteiger partial charge in [0.25, 0.3) is 0 Å². The quantitative estimate of drug-likeness (QED) is 0.704. The zero-order chi connectivity index (χ0) is 11.9. The third-order valence-corrected chi connectivity index (χ3v) is 2.36. The highest BCUT2D eigenvalue weighted by molar-refractivity contribution is 5.13. The Morgan fingerprint density at radius 1 is 1.27 bits per heavy atom. The zero-order valence-corrected chi connectivity index (χ0v) is 10.8. The fourth-order valence-electron chi connectivity index (χ4n) is 1.63. The van der Waals surface area contributed by atoms with Crippen molar-refractivity contribution < 1.29 is 5.11 Å². The maximum atomic E-state index is 9.95. The first-order valence-corrected chi connectivity index (χ1v) is 5.86. The van der Waals surface area contributed by atoms with Crippen molar-refractivity contribution in [2.24, 2.45) is 5.92 Å². The van der Waals surface area contributed by atoms with Gasteiger partial charge in [-0.1, -0.05) is 39.5 Å². The van der Waals surface area contributed by atoms with Gasteiger partial charge in [-0.25, -0.2) is 0 Å². The second-order valence-corrected chi connectivity index (χ2v) is 4.63. The SMILES string of the molecule is CCN(CC)CC#CC(C)(O)CC(C)C. The molecule has 88 valence electrons. The highest BCUT2D eigenvalue weighted by Crippen LogP contribution is 2.14. The van der Waals surface area contributed by atoms with Gasteiger partial charge in [0.15, 0.2) is 0 Å². The third-order valence-electron chi connectivity index (χ3n) is 2.36. The van der Waals surface area contributed by atoms with E-state index in [1.807, 2.05) is 0 Å². The predicted molar refractivity (Wildman–Crippen MR) is 65.6 cm³/mol. The van der Waals surface area contributed by atoms with E-state index < -0.39 is 5.60 Å². The minimum absolute atomic E-state index is 0.475. The number of hydrogen-bond donors (Lipinski definition) is 1. The number of aliphatic hydroxyl groups is 1. The van der Waals surface area contributed by atoms with Gasteiger partial charge in [0.05, 0.1) is 6.54 Å². The van der Waals surface area contributed by atoms with Crippen molar-refractivity contribution in [3.63, 3.8) is 0 Å². The average Bonchev–Trinajstić information content (AvgIpc) is 2.10. The van der Waals surface area contributed by atoms with Crippen molar-refractivity contribution in [3.8, 4) is 11.8 Å². The van der Waals surface area contributed by atoms with Crippen LogP contribution in [0.25, 0.3) is 0 Å². The normalized spacial score (nSPS) is 14.9. The van der Waals surface area contributed by atoms with E-state index in [0.29, 0.717) is 5.92 Å². The van der Waals surface area contributed by atoms with Gasteiger partial charge in [0.2, 0.25) is 0 Å². The Kier molecular flexibility index (Phi) is 6.63. The van der Waals surface area contributed by atoms with E-state index >= 15 is 0 Å². The standard InChI is InChI=1S/C13H25NO/c1-6-14(7-2)10-8-9-13(5,15)11-12(3)4/h12,15H,6-7,10-11H2,1-5H3. The Labute approximate surface area is 94.7 Å². The number of nitrogens with zero attached hydrogens (tertiary/aromatic N) is 1. The van der Waals surface area contributed by atoms with Crippen LogP contribution in [-0.2, 0) is 0 Å². The van der Waals surface area contributed by atoms with Gasteiger partial charge in [0, 0.05) is 0 Å². The van der Waals surface area contributed by atoms with Crippen molar-refractivity contribution in [3.05, 3.63) is 0 Å². The summed E-state index contributed by atoms with van der Waals surface area (Å²) in [5, 5.41) is 9.95. The molecule has 1 unspecified atom stereocenters. The van der Waals surface area contributed by atoms with Crippen LogP contribution in [0, 0.1) is 17.8 Å². The van der Waals surface area contributed by atoms with E-state index in [1.54, 1.807) is 6.92 Å². The van der Waals surface area contributed by atoms with Crippen LogP contribution in [-0.4, -0.2) is 35.2 Å². The molecule has 1 atom stereocenters. The third kappa shape index (κ3) is 7.41. The lowest BCUT2D eigenvalue weighted by molar-refractivity contribution is 0.0974. The van der Waals surface area contributed by atoms with Crippen LogP contribution >= 0.6 is 0 Å². The van der Waals surface area contributed by atoms with Gasteiger partial charge in [-0.05, 0) is 32.4 Å². The minimum atomic E-state index is -0.832. The molecular weight excluding hydrogens is 186 g/mol. The minimum Gasteiger partial charge on any atom is -0.378 e. The molecule has 15 heavy (non-hydrogen) atoms. The molecule has 0 aromatic carbocycles. The van der Waals surface area contributed by atoms with Crippen LogP contribution in [0.4, 0.5) is 0 Å². The molecule has 0 aromatic heterocycles. The second-order valence-electron chi connectivity index (χ2n) is 4.63. The predicted octanol–water partition coefficient (Wildman–Crippen LogP) is 2.13. The molecule has 0 radical (unpaired) electrons. The molecule has 0 bridgehead atoms. The molecule has 0 aromatic rings. The topological polar surface area (TPSA) is 23.5 Å². The molecule has 0 aliphatic rings. The van der Waals surface area contributed by atoms with Gasteiger partial charge in [0.1, 0.15) is 5.60 Å². The van der Waals surface area contributed by atoms with Crippen LogP contribution in [0.5, 0.6) is 0 Å². The maximum absolute atomic E-state index is 9.95. The van der Waals surface area contributed by atoms with Gasteiger partial charge >= 0.3 is 0 Å². The van der Waals surface area contributed by atoms with Gasteiger partial charge in [-0.15, -0.1) is 0 Å². The van der Waals surface area contributed by atoms with Gasteiger partial charge in [-0.3, -0.25) is 4.90 Å². The molecule has 0 aliphatic heterocycles. The van der Waals surface area contributed by atoms with Crippen LogP contribution in [0.1, 0.15) is 41.0 Å². The molecule has 0 spiro atoms. The Bertz CT molecular complexity index is 218. The Balaban J connectivity index is 4.13. The summed E-state index contributed by atoms with van der Waals surface area (Å²) in [6.07, 6.45) is 0.734. The molecule has 2 heteroatoms. The Morgan fingerprint density at radius 3 is 2.20 bits per heavy atom. The summed E-state index contributed by atoms with van der Waals surface area (Å²) in [6, 6.07) is 0. The van der Waals surface area contributed by atoms with E-state index in [4.69, 9.17) is 0 Å². The highest BCUT2D eigenvalue weighted by atomic mass is 16.3. The Morgan fingerprint density at radius 2 is 1.80 bits per heavy atom. The fraction of sp³-hybridized carbons (Fsp3) is 0.846. The molecule has 0 amide bonds. The van der Waals surface area contributed by atoms with Crippen LogP contribution < -0.4 is 0 Å². The first-order chi connectivity index (χ1) is 6.91. The largest absolute Gasteiger partial charge is 0.378 e. The first-order valence-electron chi connectivity index (χ1n) is 5.86. The van der Waals surface area contributed by atoms with E-state index in [0.717, 1.165) is 26.1 Å². The summed E-state index contributed by atoms with van der Waals surface area (Å²) >= 11 is 0. The number of rotatable bonds is 5. The van der Waals surface area contributed by atoms with Crippen molar-refractivity contribution >= 4 is 0 Å². The summed E-state index contributed by atoms with van der Waals surface area (Å²) in [4.78, 5) is 2.23. The van der Waals surface area contributed by atoms with Crippen molar-refractivity contribution in [2.45, 2.75) is 46.6 Å². The summed E-state index contributed by atoms with van der Waals surface area (Å²) < 4.78 is 0. The maximum Gasteiger partial charge on any atom is 0.123 e. The summed E-state index contributed by atoms with van der Waals surface area (Å²) in [5.41, 5.74) is -0.832. The van der Waals surface area contributed by atoms with Crippen molar-refractivity contribution in [2.75, 3.05) is 19.6 Å². The number of hydrogen-bond acceptors (Lipinski definition) is 2. The van der Waals surface area contributed by atoms with Crippen LogP contribution in [0.2, 0.25) is 0 Å². The molecule has 0 aliphatic carbocycles.